The number of nitrogens with zero attached hydrogens (tertiary/aromatic N) is 2. The average Bonchev–Trinajstić information content (AvgIpc) is 3.31. The lowest BCUT2D eigenvalue weighted by molar-refractivity contribution is -0.0781. The van der Waals surface area contributed by atoms with Crippen LogP contribution in [0, 0.1) is 5.82 Å². The van der Waals surface area contributed by atoms with Crippen molar-refractivity contribution < 1.29 is 23.8 Å². The Bertz CT molecular complexity index is 1200. The summed E-state index contributed by atoms with van der Waals surface area (Å²) in [7, 11) is 1.68. The molecule has 3 aromatic rings. The number of pyridine rings is 1. The molecule has 4 rings (SSSR count). The fourth-order valence-corrected chi connectivity index (χ4v) is 5.26. The third-order valence-corrected chi connectivity index (χ3v) is 7.27. The van der Waals surface area contributed by atoms with Gasteiger partial charge in [0.25, 0.3) is 5.91 Å². The molecule has 0 radical (unpaired) electrons. The minimum Gasteiger partial charge on any atom is -0.388 e. The highest BCUT2D eigenvalue weighted by Crippen LogP contribution is 2.38. The molecule has 1 amide bonds. The zero-order valence-corrected chi connectivity index (χ0v) is 21.2. The van der Waals surface area contributed by atoms with Gasteiger partial charge in [-0.1, -0.05) is 25.1 Å². The van der Waals surface area contributed by atoms with E-state index in [1.165, 1.54) is 17.4 Å². The molecule has 1 fully saturated rings. The second-order valence-corrected chi connectivity index (χ2v) is 9.62. The molecule has 2 unspecified atom stereocenters. The van der Waals surface area contributed by atoms with Crippen LogP contribution in [0.3, 0.4) is 0 Å². The maximum absolute atomic E-state index is 14.9. The fourth-order valence-electron chi connectivity index (χ4n) is 4.16. The molecule has 2 aromatic heterocycles. The number of methoxy groups -OCH3 is 1. The Balaban J connectivity index is 1.56. The highest BCUT2D eigenvalue weighted by atomic mass is 32.1. The van der Waals surface area contributed by atoms with Gasteiger partial charge in [0.15, 0.2) is 0 Å². The molecule has 192 valence electrons. The van der Waals surface area contributed by atoms with Crippen LogP contribution in [0.5, 0.6) is 0 Å². The van der Waals surface area contributed by atoms with Crippen LogP contribution in [0.1, 0.15) is 41.1 Å². The Morgan fingerprint density at radius 3 is 2.75 bits per heavy atom. The minimum atomic E-state index is -0.727. The van der Waals surface area contributed by atoms with Gasteiger partial charge in [-0.05, 0) is 36.2 Å². The molecule has 1 aliphatic heterocycles. The lowest BCUT2D eigenvalue weighted by Gasteiger charge is -2.33. The Morgan fingerprint density at radius 1 is 1.31 bits per heavy atom. The van der Waals surface area contributed by atoms with Gasteiger partial charge in [0.2, 0.25) is 0 Å². The molecule has 10 heteroatoms. The van der Waals surface area contributed by atoms with Crippen molar-refractivity contribution in [2.45, 2.75) is 32.1 Å². The molecular weight excluding hydrogens is 483 g/mol. The zero-order valence-electron chi connectivity index (χ0n) is 20.4. The number of anilines is 2. The first-order chi connectivity index (χ1) is 17.4. The molecule has 1 aliphatic rings. The molecule has 36 heavy (non-hydrogen) atoms. The van der Waals surface area contributed by atoms with Crippen LogP contribution >= 0.6 is 11.3 Å². The van der Waals surface area contributed by atoms with E-state index in [1.807, 2.05) is 19.1 Å². The van der Waals surface area contributed by atoms with E-state index >= 15 is 0 Å². The summed E-state index contributed by atoms with van der Waals surface area (Å²) in [5.74, 6) is -0.555. The molecule has 0 saturated carbocycles. The number of nitrogens with one attached hydrogen (secondary N) is 1. The van der Waals surface area contributed by atoms with E-state index in [4.69, 9.17) is 20.2 Å². The molecular formula is C26H31FN4O4S. The predicted octanol–water partition coefficient (Wildman–Crippen LogP) is 4.08. The number of carbonyl (C=O) groups is 1. The first-order valence-corrected chi connectivity index (χ1v) is 12.7. The standard InChI is InChI=1S/C26H31FN4O4S/c1-3-21(32)16-7-8-18(20(27)13-16)22-15-19(25(28)33)26(36-22)30-23-6-4-5-17(29-23)14-24(34-2)31-9-11-35-12-10-31/h4-8,13,15,21,24,32H,3,9-12,14H2,1-2H3,(H2,28,33)(H,29,30). The molecule has 1 aromatic carbocycles. The average molecular weight is 515 g/mol. The number of hydrogen-bond acceptors (Lipinski definition) is 8. The summed E-state index contributed by atoms with van der Waals surface area (Å²) in [6, 6.07) is 11.8. The number of rotatable bonds is 10. The molecule has 0 aliphatic carbocycles. The maximum atomic E-state index is 14.9. The predicted molar refractivity (Wildman–Crippen MR) is 138 cm³/mol. The second-order valence-electron chi connectivity index (χ2n) is 8.56. The van der Waals surface area contributed by atoms with Gasteiger partial charge in [-0.3, -0.25) is 9.69 Å². The summed E-state index contributed by atoms with van der Waals surface area (Å²) < 4.78 is 26.0. The summed E-state index contributed by atoms with van der Waals surface area (Å²) in [5, 5.41) is 13.7. The first kappa shape index (κ1) is 26.2. The number of thiophene rings is 1. The molecule has 8 nitrogen and oxygen atoms in total. The summed E-state index contributed by atoms with van der Waals surface area (Å²) in [4.78, 5) is 19.6. The van der Waals surface area contributed by atoms with Crippen molar-refractivity contribution in [3.05, 3.63) is 65.1 Å². The van der Waals surface area contributed by atoms with Gasteiger partial charge in [-0.25, -0.2) is 9.37 Å². The molecule has 2 atom stereocenters. The topological polar surface area (TPSA) is 110 Å². The fraction of sp³-hybridized carbons (Fsp3) is 0.385. The van der Waals surface area contributed by atoms with E-state index in [1.54, 1.807) is 31.4 Å². The summed E-state index contributed by atoms with van der Waals surface area (Å²) >= 11 is 1.22. The third-order valence-electron chi connectivity index (χ3n) is 6.18. The van der Waals surface area contributed by atoms with Gasteiger partial charge in [-0.2, -0.15) is 0 Å². The van der Waals surface area contributed by atoms with Crippen molar-refractivity contribution in [1.29, 1.82) is 0 Å². The van der Waals surface area contributed by atoms with Crippen molar-refractivity contribution in [2.75, 3.05) is 38.7 Å². The van der Waals surface area contributed by atoms with E-state index < -0.39 is 17.8 Å². The van der Waals surface area contributed by atoms with Crippen molar-refractivity contribution in [2.24, 2.45) is 5.73 Å². The number of morpholine rings is 1. The number of ether oxygens (including phenoxy) is 2. The van der Waals surface area contributed by atoms with Gasteiger partial charge in [0.05, 0.1) is 24.9 Å². The van der Waals surface area contributed by atoms with Crippen LogP contribution in [0.15, 0.2) is 42.5 Å². The number of benzene rings is 1. The molecule has 1 saturated heterocycles. The van der Waals surface area contributed by atoms with E-state index in [9.17, 15) is 14.3 Å². The lowest BCUT2D eigenvalue weighted by Crippen LogP contribution is -2.45. The van der Waals surface area contributed by atoms with E-state index in [-0.39, 0.29) is 11.8 Å². The van der Waals surface area contributed by atoms with Gasteiger partial charge in [0.1, 0.15) is 22.9 Å². The van der Waals surface area contributed by atoms with Gasteiger partial charge >= 0.3 is 0 Å². The number of amides is 1. The Hall–Kier alpha value is -2.89. The Morgan fingerprint density at radius 2 is 2.08 bits per heavy atom. The molecule has 4 N–H and O–H groups in total. The van der Waals surface area contributed by atoms with Gasteiger partial charge in [-0.15, -0.1) is 11.3 Å². The normalized spacial score (nSPS) is 16.0. The summed E-state index contributed by atoms with van der Waals surface area (Å²) in [5.41, 5.74) is 7.54. The van der Waals surface area contributed by atoms with E-state index in [0.29, 0.717) is 52.9 Å². The number of nitrogens with two attached hydrogens (primary N) is 1. The highest BCUT2D eigenvalue weighted by Gasteiger charge is 2.22. The minimum absolute atomic E-state index is 0.122. The van der Waals surface area contributed by atoms with Gasteiger partial charge < -0.3 is 25.6 Å². The second kappa shape index (κ2) is 11.9. The number of aromatic nitrogens is 1. The number of carbonyl (C=O) groups excluding carboxylic acids is 1. The van der Waals surface area contributed by atoms with Crippen molar-refractivity contribution in [3.63, 3.8) is 0 Å². The van der Waals surface area contributed by atoms with Gasteiger partial charge in [0, 0.05) is 42.8 Å². The molecule has 0 bridgehead atoms. The third kappa shape index (κ3) is 6.08. The monoisotopic (exact) mass is 514 g/mol. The smallest absolute Gasteiger partial charge is 0.251 e. The lowest BCUT2D eigenvalue weighted by atomic mass is 10.0. The van der Waals surface area contributed by atoms with Crippen molar-refractivity contribution in [3.8, 4) is 10.4 Å². The molecule has 3 heterocycles. The van der Waals surface area contributed by atoms with Crippen molar-refractivity contribution >= 4 is 28.1 Å². The zero-order chi connectivity index (χ0) is 25.7. The highest BCUT2D eigenvalue weighted by molar-refractivity contribution is 7.19. The van der Waals surface area contributed by atoms with Crippen LogP contribution < -0.4 is 11.1 Å². The van der Waals surface area contributed by atoms with Crippen LogP contribution in [0.2, 0.25) is 0 Å². The van der Waals surface area contributed by atoms with Crippen LogP contribution in [0.4, 0.5) is 15.2 Å². The van der Waals surface area contributed by atoms with Crippen molar-refractivity contribution in [1.82, 2.24) is 9.88 Å². The van der Waals surface area contributed by atoms with Crippen LogP contribution in [-0.4, -0.2) is 60.5 Å². The van der Waals surface area contributed by atoms with Crippen LogP contribution in [0.25, 0.3) is 10.4 Å². The largest absolute Gasteiger partial charge is 0.388 e. The van der Waals surface area contributed by atoms with E-state index in [2.05, 4.69) is 10.2 Å². The number of halogens is 1. The quantitative estimate of drug-likeness (QED) is 0.374. The number of aliphatic hydroxyl groups excluding tert-OH is 1. The SMILES string of the molecule is CCC(O)c1ccc(-c2cc(C(N)=O)c(Nc3cccc(CC(OC)N4CCOCC4)n3)s2)c(F)c1. The summed E-state index contributed by atoms with van der Waals surface area (Å²) in [6.07, 6.45) is 0.227. The Kier molecular flexibility index (Phi) is 8.65. The molecule has 0 spiro atoms. The number of aliphatic hydroxyl groups is 1. The number of hydrogen-bond donors (Lipinski definition) is 3. The number of primary amides is 1. The van der Waals surface area contributed by atoms with Crippen LogP contribution in [-0.2, 0) is 15.9 Å². The maximum Gasteiger partial charge on any atom is 0.251 e. The summed E-state index contributed by atoms with van der Waals surface area (Å²) in [6.45, 7) is 4.77. The van der Waals surface area contributed by atoms with E-state index in [0.717, 1.165) is 18.8 Å². The Labute approximate surface area is 213 Å². The first-order valence-electron chi connectivity index (χ1n) is 11.9.